The smallest absolute Gasteiger partial charge is 0.244 e. The van der Waals surface area contributed by atoms with Gasteiger partial charge in [-0.2, -0.15) is 0 Å². The van der Waals surface area contributed by atoms with E-state index < -0.39 is 0 Å². The first-order chi connectivity index (χ1) is 11.8. The Morgan fingerprint density at radius 3 is 2.92 bits per heavy atom. The zero-order valence-electron chi connectivity index (χ0n) is 13.8. The summed E-state index contributed by atoms with van der Waals surface area (Å²) in [4.78, 5) is 18.3. The Morgan fingerprint density at radius 1 is 1.21 bits per heavy atom. The zero-order chi connectivity index (χ0) is 16.6. The molecule has 0 atom stereocenters. The van der Waals surface area contributed by atoms with Crippen LogP contribution in [0.5, 0.6) is 0 Å². The van der Waals surface area contributed by atoms with E-state index in [-0.39, 0.29) is 5.91 Å². The molecular formula is C20H23N3O. The quantitative estimate of drug-likeness (QED) is 0.657. The number of carbonyl (C=O) groups is 1. The number of carbonyl (C=O) groups excluding carboxylic acids is 1. The summed E-state index contributed by atoms with van der Waals surface area (Å²) < 4.78 is 0. The fraction of sp³-hybridized carbons (Fsp3) is 0.300. The summed E-state index contributed by atoms with van der Waals surface area (Å²) in [6.07, 6.45) is 8.89. The van der Waals surface area contributed by atoms with Gasteiger partial charge in [-0.3, -0.25) is 14.7 Å². The fourth-order valence-electron chi connectivity index (χ4n) is 2.96. The largest absolute Gasteiger partial charge is 0.353 e. The van der Waals surface area contributed by atoms with E-state index in [1.807, 2.05) is 12.1 Å². The van der Waals surface area contributed by atoms with Crippen LogP contribution in [0.3, 0.4) is 0 Å². The first kappa shape index (κ1) is 16.4. The van der Waals surface area contributed by atoms with Crippen LogP contribution < -0.4 is 5.32 Å². The molecule has 2 aromatic rings. The number of amides is 1. The van der Waals surface area contributed by atoms with E-state index in [1.54, 1.807) is 24.5 Å². The molecule has 0 unspecified atom stereocenters. The van der Waals surface area contributed by atoms with E-state index in [2.05, 4.69) is 39.5 Å². The molecule has 2 heterocycles. The highest BCUT2D eigenvalue weighted by atomic mass is 16.1. The Balaban J connectivity index is 1.35. The Morgan fingerprint density at radius 2 is 2.08 bits per heavy atom. The number of nitrogens with one attached hydrogen (secondary N) is 1. The number of hydrogen-bond donors (Lipinski definition) is 1. The molecule has 0 spiro atoms. The van der Waals surface area contributed by atoms with Crippen molar-refractivity contribution < 1.29 is 4.79 Å². The molecule has 124 valence electrons. The monoisotopic (exact) mass is 321 g/mol. The lowest BCUT2D eigenvalue weighted by Gasteiger charge is -2.28. The van der Waals surface area contributed by atoms with Crippen molar-refractivity contribution in [3.8, 4) is 0 Å². The maximum absolute atomic E-state index is 11.8. The number of rotatable bonds is 6. The third kappa shape index (κ3) is 4.77. The van der Waals surface area contributed by atoms with Gasteiger partial charge in [-0.05, 0) is 41.7 Å². The van der Waals surface area contributed by atoms with Gasteiger partial charge < -0.3 is 5.32 Å². The van der Waals surface area contributed by atoms with Gasteiger partial charge in [0, 0.05) is 44.6 Å². The van der Waals surface area contributed by atoms with Crippen molar-refractivity contribution in [3.63, 3.8) is 0 Å². The number of aromatic nitrogens is 1. The molecule has 1 aliphatic rings. The lowest BCUT2D eigenvalue weighted by Crippen LogP contribution is -2.33. The summed E-state index contributed by atoms with van der Waals surface area (Å²) in [5.74, 6) is -0.0529. The van der Waals surface area contributed by atoms with Gasteiger partial charge in [0.1, 0.15) is 0 Å². The SMILES string of the molecule is O=C(/C=C\c1cccnc1)NCCCN1CCc2ccccc2C1. The highest BCUT2D eigenvalue weighted by Gasteiger charge is 2.14. The molecule has 4 heteroatoms. The summed E-state index contributed by atoms with van der Waals surface area (Å²) in [7, 11) is 0. The van der Waals surface area contributed by atoms with Crippen molar-refractivity contribution in [3.05, 3.63) is 71.6 Å². The molecule has 24 heavy (non-hydrogen) atoms. The fourth-order valence-corrected chi connectivity index (χ4v) is 2.96. The molecule has 1 aliphatic heterocycles. The molecule has 0 saturated heterocycles. The van der Waals surface area contributed by atoms with Crippen molar-refractivity contribution >= 4 is 12.0 Å². The Hall–Kier alpha value is -2.46. The minimum atomic E-state index is -0.0529. The molecular weight excluding hydrogens is 298 g/mol. The number of benzene rings is 1. The maximum atomic E-state index is 11.8. The van der Waals surface area contributed by atoms with Gasteiger partial charge >= 0.3 is 0 Å². The van der Waals surface area contributed by atoms with E-state index in [0.717, 1.165) is 38.0 Å². The van der Waals surface area contributed by atoms with Crippen LogP contribution in [0.25, 0.3) is 6.08 Å². The topological polar surface area (TPSA) is 45.2 Å². The van der Waals surface area contributed by atoms with Crippen molar-refractivity contribution in [1.82, 2.24) is 15.2 Å². The lowest BCUT2D eigenvalue weighted by atomic mass is 10.00. The van der Waals surface area contributed by atoms with Crippen LogP contribution in [0.15, 0.2) is 54.9 Å². The second-order valence-electron chi connectivity index (χ2n) is 6.06. The van der Waals surface area contributed by atoms with Gasteiger partial charge in [-0.15, -0.1) is 0 Å². The van der Waals surface area contributed by atoms with E-state index in [9.17, 15) is 4.79 Å². The lowest BCUT2D eigenvalue weighted by molar-refractivity contribution is -0.116. The summed E-state index contributed by atoms with van der Waals surface area (Å²) in [6.45, 7) is 3.84. The Bertz CT molecular complexity index is 697. The van der Waals surface area contributed by atoms with Crippen LogP contribution in [0.4, 0.5) is 0 Å². The van der Waals surface area contributed by atoms with Crippen LogP contribution in [0, 0.1) is 0 Å². The van der Waals surface area contributed by atoms with Gasteiger partial charge in [0.2, 0.25) is 5.91 Å². The minimum Gasteiger partial charge on any atom is -0.353 e. The predicted molar refractivity (Wildman–Crippen MR) is 96.3 cm³/mol. The zero-order valence-corrected chi connectivity index (χ0v) is 13.8. The standard InChI is InChI=1S/C20H23N3O/c24-20(9-8-17-5-3-11-21-15-17)22-12-4-13-23-14-10-18-6-1-2-7-19(18)16-23/h1-3,5-9,11,15H,4,10,12-14,16H2,(H,22,24)/b9-8-. The van der Waals surface area contributed by atoms with E-state index >= 15 is 0 Å². The van der Waals surface area contributed by atoms with Crippen LogP contribution in [0.1, 0.15) is 23.1 Å². The van der Waals surface area contributed by atoms with E-state index in [0.29, 0.717) is 6.54 Å². The van der Waals surface area contributed by atoms with Gasteiger partial charge in [-0.25, -0.2) is 0 Å². The number of hydrogen-bond acceptors (Lipinski definition) is 3. The third-order valence-corrected chi connectivity index (χ3v) is 4.27. The summed E-state index contributed by atoms with van der Waals surface area (Å²) in [6, 6.07) is 12.4. The van der Waals surface area contributed by atoms with Crippen molar-refractivity contribution in [2.75, 3.05) is 19.6 Å². The first-order valence-corrected chi connectivity index (χ1v) is 8.46. The normalized spacial score (nSPS) is 14.5. The average Bonchev–Trinajstić information content (AvgIpc) is 2.64. The number of nitrogens with zero attached hydrogens (tertiary/aromatic N) is 2. The number of pyridine rings is 1. The van der Waals surface area contributed by atoms with Crippen LogP contribution >= 0.6 is 0 Å². The predicted octanol–water partition coefficient (Wildman–Crippen LogP) is 2.66. The van der Waals surface area contributed by atoms with E-state index in [1.165, 1.54) is 11.1 Å². The molecule has 3 rings (SSSR count). The molecule has 0 bridgehead atoms. The Labute approximate surface area is 143 Å². The molecule has 4 nitrogen and oxygen atoms in total. The molecule has 0 saturated carbocycles. The van der Waals surface area contributed by atoms with E-state index in [4.69, 9.17) is 0 Å². The van der Waals surface area contributed by atoms with Gasteiger partial charge in [0.15, 0.2) is 0 Å². The maximum Gasteiger partial charge on any atom is 0.244 e. The third-order valence-electron chi connectivity index (χ3n) is 4.27. The molecule has 0 fully saturated rings. The van der Waals surface area contributed by atoms with Gasteiger partial charge in [-0.1, -0.05) is 30.3 Å². The Kier molecular flexibility index (Phi) is 5.75. The molecule has 1 N–H and O–H groups in total. The van der Waals surface area contributed by atoms with Crippen LogP contribution in [-0.2, 0) is 17.8 Å². The molecule has 1 aromatic carbocycles. The average molecular weight is 321 g/mol. The molecule has 1 aromatic heterocycles. The van der Waals surface area contributed by atoms with Crippen LogP contribution in [0.2, 0.25) is 0 Å². The second-order valence-corrected chi connectivity index (χ2v) is 6.06. The molecule has 0 radical (unpaired) electrons. The molecule has 0 aliphatic carbocycles. The second kappa shape index (κ2) is 8.41. The summed E-state index contributed by atoms with van der Waals surface area (Å²) >= 11 is 0. The van der Waals surface area contributed by atoms with Crippen molar-refractivity contribution in [2.24, 2.45) is 0 Å². The summed E-state index contributed by atoms with van der Waals surface area (Å²) in [5, 5.41) is 2.94. The van der Waals surface area contributed by atoms with Gasteiger partial charge in [0.25, 0.3) is 0 Å². The molecule has 1 amide bonds. The van der Waals surface area contributed by atoms with Crippen LogP contribution in [-0.4, -0.2) is 35.4 Å². The van der Waals surface area contributed by atoms with Crippen molar-refractivity contribution in [2.45, 2.75) is 19.4 Å². The highest BCUT2D eigenvalue weighted by Crippen LogP contribution is 2.18. The van der Waals surface area contributed by atoms with Crippen molar-refractivity contribution in [1.29, 1.82) is 0 Å². The number of fused-ring (bicyclic) bond motifs is 1. The van der Waals surface area contributed by atoms with Gasteiger partial charge in [0.05, 0.1) is 0 Å². The summed E-state index contributed by atoms with van der Waals surface area (Å²) in [5.41, 5.74) is 3.84. The highest BCUT2D eigenvalue weighted by molar-refractivity contribution is 5.91. The first-order valence-electron chi connectivity index (χ1n) is 8.46. The minimum absolute atomic E-state index is 0.0529.